The Labute approximate surface area is 107 Å². The first kappa shape index (κ1) is 16.0. The molecule has 0 heterocycles. The molecule has 1 N–H and O–H groups in total. The topological polar surface area (TPSA) is 24.4 Å². The Balaban J connectivity index is 0.00000121. The van der Waals surface area contributed by atoms with E-state index in [2.05, 4.69) is 24.9 Å². The molecule has 2 heteroatoms. The van der Waals surface area contributed by atoms with Crippen LogP contribution in [0.2, 0.25) is 0 Å². The summed E-state index contributed by atoms with van der Waals surface area (Å²) in [5.74, 6) is 0.997. The molecule has 1 saturated carbocycles. The highest BCUT2D eigenvalue weighted by atomic mass is 15.0. The zero-order valence-corrected chi connectivity index (χ0v) is 12.1. The number of allylic oxidation sites excluding steroid dienone is 2. The molecule has 1 fully saturated rings. The van der Waals surface area contributed by atoms with Gasteiger partial charge in [0.1, 0.15) is 5.84 Å². The molecule has 0 spiro atoms. The molecule has 0 bridgehead atoms. The number of aliphatic imine (C=N–C) groups is 1. The Bertz CT molecular complexity index is 281. The zero-order valence-electron chi connectivity index (χ0n) is 12.1. The summed E-state index contributed by atoms with van der Waals surface area (Å²) in [6.07, 6.45) is 7.20. The summed E-state index contributed by atoms with van der Waals surface area (Å²) in [6.45, 7) is 14.0. The third kappa shape index (κ3) is 6.30. The van der Waals surface area contributed by atoms with Crippen LogP contribution in [0.1, 0.15) is 60.3 Å². The maximum absolute atomic E-state index is 4.76. The summed E-state index contributed by atoms with van der Waals surface area (Å²) in [5.41, 5.74) is 2.15. The summed E-state index contributed by atoms with van der Waals surface area (Å²) in [5, 5.41) is 3.24. The predicted molar refractivity (Wildman–Crippen MR) is 78.4 cm³/mol. The van der Waals surface area contributed by atoms with Gasteiger partial charge in [-0.15, -0.1) is 0 Å². The van der Waals surface area contributed by atoms with Gasteiger partial charge >= 0.3 is 0 Å². The van der Waals surface area contributed by atoms with E-state index in [9.17, 15) is 0 Å². The van der Waals surface area contributed by atoms with Crippen LogP contribution in [0, 0.1) is 0 Å². The standard InChI is InChI=1S/C13H22N2.C2H6/c1-5-11(4)13(14-10(2)3)15-12-8-6-7-9-12;1-2/h5,12H,2,6-9H2,1,3-4H3,(H,14,15);1-2H3/b11-5-;. The van der Waals surface area contributed by atoms with Crippen LogP contribution in [-0.2, 0) is 0 Å². The van der Waals surface area contributed by atoms with Crippen molar-refractivity contribution in [3.8, 4) is 0 Å². The third-order valence-corrected chi connectivity index (χ3v) is 2.77. The van der Waals surface area contributed by atoms with E-state index in [1.54, 1.807) is 0 Å². The monoisotopic (exact) mass is 236 g/mol. The second-order valence-electron chi connectivity index (χ2n) is 4.29. The van der Waals surface area contributed by atoms with Gasteiger partial charge in [-0.05, 0) is 39.2 Å². The highest BCUT2D eigenvalue weighted by Crippen LogP contribution is 2.21. The average molecular weight is 236 g/mol. The van der Waals surface area contributed by atoms with Crippen molar-refractivity contribution in [2.45, 2.75) is 66.3 Å². The number of hydrogen-bond donors (Lipinski definition) is 1. The Hall–Kier alpha value is -1.05. The number of nitrogens with zero attached hydrogens (tertiary/aromatic N) is 1. The van der Waals surface area contributed by atoms with Crippen molar-refractivity contribution in [3.05, 3.63) is 23.9 Å². The molecule has 0 saturated heterocycles. The van der Waals surface area contributed by atoms with Crippen molar-refractivity contribution in [3.63, 3.8) is 0 Å². The molecule has 0 aliphatic heterocycles. The summed E-state index contributed by atoms with van der Waals surface area (Å²) in [7, 11) is 0. The lowest BCUT2D eigenvalue weighted by molar-refractivity contribution is 0.702. The molecule has 0 amide bonds. The van der Waals surface area contributed by atoms with Crippen molar-refractivity contribution >= 4 is 5.84 Å². The maximum atomic E-state index is 4.76. The Morgan fingerprint density at radius 2 is 1.76 bits per heavy atom. The van der Waals surface area contributed by atoms with Crippen molar-refractivity contribution in [1.82, 2.24) is 5.32 Å². The van der Waals surface area contributed by atoms with Gasteiger partial charge in [-0.2, -0.15) is 0 Å². The van der Waals surface area contributed by atoms with E-state index in [1.165, 1.54) is 31.3 Å². The largest absolute Gasteiger partial charge is 0.345 e. The third-order valence-electron chi connectivity index (χ3n) is 2.77. The van der Waals surface area contributed by atoms with Crippen LogP contribution in [0.5, 0.6) is 0 Å². The molecule has 1 aliphatic carbocycles. The van der Waals surface area contributed by atoms with E-state index in [-0.39, 0.29) is 0 Å². The van der Waals surface area contributed by atoms with Crippen molar-refractivity contribution in [1.29, 1.82) is 0 Å². The summed E-state index contributed by atoms with van der Waals surface area (Å²) < 4.78 is 0. The Kier molecular flexibility index (Phi) is 8.47. The van der Waals surface area contributed by atoms with Gasteiger partial charge in [-0.25, -0.2) is 0 Å². The van der Waals surface area contributed by atoms with E-state index in [4.69, 9.17) is 4.99 Å². The van der Waals surface area contributed by atoms with E-state index in [0.717, 1.165) is 11.5 Å². The lowest BCUT2D eigenvalue weighted by Crippen LogP contribution is -2.24. The second kappa shape index (κ2) is 9.03. The molecule has 0 unspecified atom stereocenters. The van der Waals surface area contributed by atoms with Crippen LogP contribution in [0.3, 0.4) is 0 Å². The molecular weight excluding hydrogens is 208 g/mol. The van der Waals surface area contributed by atoms with Gasteiger partial charge in [0, 0.05) is 5.70 Å². The quantitative estimate of drug-likeness (QED) is 0.568. The smallest absolute Gasteiger partial charge is 0.127 e. The lowest BCUT2D eigenvalue weighted by Gasteiger charge is -2.12. The van der Waals surface area contributed by atoms with Crippen LogP contribution in [0.4, 0.5) is 0 Å². The number of hydrogen-bond acceptors (Lipinski definition) is 1. The van der Waals surface area contributed by atoms with Crippen LogP contribution in [0.15, 0.2) is 28.9 Å². The van der Waals surface area contributed by atoms with Gasteiger partial charge in [0.2, 0.25) is 0 Å². The summed E-state index contributed by atoms with van der Waals surface area (Å²) in [4.78, 5) is 4.76. The van der Waals surface area contributed by atoms with Crippen molar-refractivity contribution in [2.24, 2.45) is 4.99 Å². The summed E-state index contributed by atoms with van der Waals surface area (Å²) in [6, 6.07) is 0.516. The van der Waals surface area contributed by atoms with E-state index in [1.807, 2.05) is 27.7 Å². The second-order valence-corrected chi connectivity index (χ2v) is 4.29. The lowest BCUT2D eigenvalue weighted by atomic mass is 10.2. The molecule has 0 aromatic heterocycles. The minimum Gasteiger partial charge on any atom is -0.345 e. The molecule has 0 radical (unpaired) electrons. The predicted octanol–water partition coefficient (Wildman–Crippen LogP) is 4.44. The molecule has 0 atom stereocenters. The molecule has 2 nitrogen and oxygen atoms in total. The molecule has 0 aromatic carbocycles. The normalized spacial score (nSPS) is 17.5. The van der Waals surface area contributed by atoms with Crippen molar-refractivity contribution in [2.75, 3.05) is 0 Å². The number of amidine groups is 1. The highest BCUT2D eigenvalue weighted by Gasteiger charge is 2.15. The summed E-state index contributed by atoms with van der Waals surface area (Å²) >= 11 is 0. The van der Waals surface area contributed by atoms with E-state index < -0.39 is 0 Å². The average Bonchev–Trinajstić information content (AvgIpc) is 2.82. The van der Waals surface area contributed by atoms with Gasteiger partial charge in [-0.3, -0.25) is 4.99 Å². The van der Waals surface area contributed by atoms with Gasteiger partial charge < -0.3 is 5.32 Å². The van der Waals surface area contributed by atoms with Crippen LogP contribution in [0.25, 0.3) is 0 Å². The molecule has 1 rings (SSSR count). The number of nitrogens with one attached hydrogen (secondary N) is 1. The molecule has 0 aromatic rings. The first-order valence-electron chi connectivity index (χ1n) is 6.77. The minimum atomic E-state index is 0.516. The Morgan fingerprint density at radius 1 is 1.24 bits per heavy atom. The van der Waals surface area contributed by atoms with Gasteiger partial charge in [-0.1, -0.05) is 39.3 Å². The fraction of sp³-hybridized carbons (Fsp3) is 0.667. The molecule has 1 aliphatic rings. The first-order chi connectivity index (χ1) is 8.13. The fourth-order valence-electron chi connectivity index (χ4n) is 1.79. The van der Waals surface area contributed by atoms with Crippen LogP contribution >= 0.6 is 0 Å². The van der Waals surface area contributed by atoms with Crippen LogP contribution < -0.4 is 5.32 Å². The van der Waals surface area contributed by atoms with Gasteiger partial charge in [0.25, 0.3) is 0 Å². The zero-order chi connectivity index (χ0) is 13.3. The van der Waals surface area contributed by atoms with Crippen molar-refractivity contribution < 1.29 is 0 Å². The molecule has 17 heavy (non-hydrogen) atoms. The fourth-order valence-corrected chi connectivity index (χ4v) is 1.79. The van der Waals surface area contributed by atoms with Gasteiger partial charge in [0.15, 0.2) is 0 Å². The van der Waals surface area contributed by atoms with Crippen LogP contribution in [-0.4, -0.2) is 11.9 Å². The minimum absolute atomic E-state index is 0.516. The molecule has 98 valence electrons. The van der Waals surface area contributed by atoms with Gasteiger partial charge in [0.05, 0.1) is 6.04 Å². The molecular formula is C15H28N2. The number of rotatable bonds is 3. The highest BCUT2D eigenvalue weighted by molar-refractivity contribution is 5.98. The SMILES string of the molecule is C=C(C)NC(=NC1CCCC1)/C(C)=C\C.CC. The van der Waals surface area contributed by atoms with E-state index in [0.29, 0.717) is 6.04 Å². The maximum Gasteiger partial charge on any atom is 0.127 e. The van der Waals surface area contributed by atoms with E-state index >= 15 is 0 Å². The Morgan fingerprint density at radius 3 is 2.18 bits per heavy atom. The first-order valence-corrected chi connectivity index (χ1v) is 6.77.